The Morgan fingerprint density at radius 3 is 2.16 bits per heavy atom. The predicted molar refractivity (Wildman–Crippen MR) is 80.8 cm³/mol. The second-order valence-electron chi connectivity index (χ2n) is 4.47. The first-order valence-corrected chi connectivity index (χ1v) is 7.43. The lowest BCUT2D eigenvalue weighted by Gasteiger charge is -2.20. The van der Waals surface area contributed by atoms with Crippen LogP contribution in [0.5, 0.6) is 0 Å². The van der Waals surface area contributed by atoms with E-state index in [-0.39, 0.29) is 18.1 Å². The lowest BCUT2D eigenvalue weighted by molar-refractivity contribution is -0.130. The number of benzene rings is 1. The Hall–Kier alpha value is -1.16. The Labute approximate surface area is 123 Å². The number of hydrogen-bond donors (Lipinski definition) is 0. The first kappa shape index (κ1) is 15.9. The number of Topliss-reactive ketones (excluding diaryl/α,β-unsaturated/α-hetero) is 1. The van der Waals surface area contributed by atoms with E-state index in [9.17, 15) is 9.59 Å². The summed E-state index contributed by atoms with van der Waals surface area (Å²) in [5.41, 5.74) is 1.75. The molecule has 0 aromatic heterocycles. The zero-order valence-corrected chi connectivity index (χ0v) is 13.2. The fourth-order valence-electron chi connectivity index (χ4n) is 1.85. The second-order valence-corrected chi connectivity index (χ2v) is 5.57. The zero-order valence-electron chi connectivity index (χ0n) is 11.6. The average Bonchev–Trinajstić information content (AvgIpc) is 2.40. The number of carbonyl (C=O) groups excluding carboxylic acids is 2. The Balaban J connectivity index is 2.67. The summed E-state index contributed by atoms with van der Waals surface area (Å²) in [6.07, 6.45) is 0.203. The molecule has 1 rings (SSSR count). The van der Waals surface area contributed by atoms with Crippen LogP contribution in [0.2, 0.25) is 0 Å². The fraction of sp³-hybridized carbons (Fsp3) is 0.467. The molecular formula is C15H20BrNO2. The molecule has 0 bridgehead atoms. The summed E-state index contributed by atoms with van der Waals surface area (Å²) in [6.45, 7) is 7.20. The van der Waals surface area contributed by atoms with E-state index in [1.165, 1.54) is 0 Å². The highest BCUT2D eigenvalue weighted by Gasteiger charge is 2.22. The molecule has 1 atom stereocenters. The van der Waals surface area contributed by atoms with Crippen LogP contribution in [0.3, 0.4) is 0 Å². The van der Waals surface area contributed by atoms with E-state index in [0.717, 1.165) is 5.56 Å². The van der Waals surface area contributed by atoms with Gasteiger partial charge in [0.1, 0.15) is 0 Å². The Morgan fingerprint density at radius 2 is 1.68 bits per heavy atom. The highest BCUT2D eigenvalue weighted by atomic mass is 79.9. The van der Waals surface area contributed by atoms with Gasteiger partial charge in [-0.05, 0) is 20.8 Å². The van der Waals surface area contributed by atoms with Crippen molar-refractivity contribution in [1.29, 1.82) is 0 Å². The van der Waals surface area contributed by atoms with Gasteiger partial charge in [0.05, 0.1) is 4.83 Å². The molecule has 0 heterocycles. The Kier molecular flexibility index (Phi) is 6.22. The number of carbonyl (C=O) groups is 2. The molecule has 4 heteroatoms. The summed E-state index contributed by atoms with van der Waals surface area (Å²) < 4.78 is 0. The third-order valence-electron chi connectivity index (χ3n) is 3.09. The maximum absolute atomic E-state index is 12.2. The maximum Gasteiger partial charge on any atom is 0.224 e. The molecule has 0 radical (unpaired) electrons. The lowest BCUT2D eigenvalue weighted by atomic mass is 10.0. The smallest absolute Gasteiger partial charge is 0.224 e. The van der Waals surface area contributed by atoms with Gasteiger partial charge in [0.25, 0.3) is 0 Å². The van der Waals surface area contributed by atoms with E-state index in [2.05, 4.69) is 15.9 Å². The summed E-state index contributed by atoms with van der Waals surface area (Å²) in [5, 5.41) is 0. The molecule has 104 valence electrons. The van der Waals surface area contributed by atoms with Crippen molar-refractivity contribution >= 4 is 27.6 Å². The SMILES string of the molecule is CCN(CC)C(=O)CC(Br)C(=O)c1ccc(C)cc1. The summed E-state index contributed by atoms with van der Waals surface area (Å²) in [4.78, 5) is 25.4. The predicted octanol–water partition coefficient (Wildman–Crippen LogP) is 3.20. The topological polar surface area (TPSA) is 37.4 Å². The monoisotopic (exact) mass is 325 g/mol. The second kappa shape index (κ2) is 7.43. The van der Waals surface area contributed by atoms with Gasteiger partial charge in [-0.25, -0.2) is 0 Å². The van der Waals surface area contributed by atoms with Gasteiger partial charge < -0.3 is 4.90 Å². The third kappa shape index (κ3) is 4.46. The van der Waals surface area contributed by atoms with Crippen LogP contribution in [0.1, 0.15) is 36.2 Å². The van der Waals surface area contributed by atoms with Gasteiger partial charge in [-0.3, -0.25) is 9.59 Å². The van der Waals surface area contributed by atoms with Crippen molar-refractivity contribution in [2.45, 2.75) is 32.0 Å². The van der Waals surface area contributed by atoms with Gasteiger partial charge in [0.15, 0.2) is 5.78 Å². The molecular weight excluding hydrogens is 306 g/mol. The van der Waals surface area contributed by atoms with Gasteiger partial charge in [-0.2, -0.15) is 0 Å². The number of rotatable bonds is 6. The molecule has 0 spiro atoms. The molecule has 0 fully saturated rings. The quantitative estimate of drug-likeness (QED) is 0.595. The molecule has 1 aromatic rings. The van der Waals surface area contributed by atoms with Gasteiger partial charge in [0, 0.05) is 25.1 Å². The molecule has 0 aliphatic heterocycles. The van der Waals surface area contributed by atoms with Crippen LogP contribution in [0.25, 0.3) is 0 Å². The van der Waals surface area contributed by atoms with Gasteiger partial charge in [-0.1, -0.05) is 45.8 Å². The molecule has 0 N–H and O–H groups in total. The highest BCUT2D eigenvalue weighted by molar-refractivity contribution is 9.10. The number of nitrogens with zero attached hydrogens (tertiary/aromatic N) is 1. The highest BCUT2D eigenvalue weighted by Crippen LogP contribution is 2.15. The van der Waals surface area contributed by atoms with Crippen LogP contribution in [0.15, 0.2) is 24.3 Å². The minimum absolute atomic E-state index is 0.00679. The third-order valence-corrected chi connectivity index (χ3v) is 3.83. The molecule has 1 aromatic carbocycles. The van der Waals surface area contributed by atoms with Gasteiger partial charge in [0.2, 0.25) is 5.91 Å². The van der Waals surface area contributed by atoms with E-state index < -0.39 is 4.83 Å². The van der Waals surface area contributed by atoms with Gasteiger partial charge >= 0.3 is 0 Å². The molecule has 1 unspecified atom stereocenters. The van der Waals surface area contributed by atoms with Crippen LogP contribution >= 0.6 is 15.9 Å². The average molecular weight is 326 g/mol. The molecule has 0 saturated carbocycles. The van der Waals surface area contributed by atoms with Gasteiger partial charge in [-0.15, -0.1) is 0 Å². The van der Waals surface area contributed by atoms with Crippen molar-refractivity contribution in [1.82, 2.24) is 4.90 Å². The Bertz CT molecular complexity index is 438. The van der Waals surface area contributed by atoms with Crippen LogP contribution in [0.4, 0.5) is 0 Å². The van der Waals surface area contributed by atoms with E-state index in [1.54, 1.807) is 17.0 Å². The molecule has 1 amide bonds. The molecule has 3 nitrogen and oxygen atoms in total. The summed E-state index contributed by atoms with van der Waals surface area (Å²) >= 11 is 3.33. The Morgan fingerprint density at radius 1 is 1.16 bits per heavy atom. The van der Waals surface area contributed by atoms with Crippen LogP contribution < -0.4 is 0 Å². The normalized spacial score (nSPS) is 12.0. The lowest BCUT2D eigenvalue weighted by Crippen LogP contribution is -2.33. The number of halogens is 1. The van der Waals surface area contributed by atoms with E-state index in [1.807, 2.05) is 32.9 Å². The molecule has 0 aliphatic carbocycles. The number of hydrogen-bond acceptors (Lipinski definition) is 2. The van der Waals surface area contributed by atoms with Crippen molar-refractivity contribution in [3.05, 3.63) is 35.4 Å². The van der Waals surface area contributed by atoms with Crippen LogP contribution in [-0.4, -0.2) is 34.5 Å². The summed E-state index contributed by atoms with van der Waals surface area (Å²) in [7, 11) is 0. The summed E-state index contributed by atoms with van der Waals surface area (Å²) in [5.74, 6) is -0.0344. The van der Waals surface area contributed by atoms with Crippen molar-refractivity contribution in [3.8, 4) is 0 Å². The van der Waals surface area contributed by atoms with Crippen molar-refractivity contribution in [3.63, 3.8) is 0 Å². The number of alkyl halides is 1. The van der Waals surface area contributed by atoms with E-state index >= 15 is 0 Å². The minimum Gasteiger partial charge on any atom is -0.343 e. The minimum atomic E-state index is -0.455. The van der Waals surface area contributed by atoms with E-state index in [0.29, 0.717) is 18.7 Å². The fourth-order valence-corrected chi connectivity index (χ4v) is 2.39. The number of ketones is 1. The van der Waals surface area contributed by atoms with Crippen molar-refractivity contribution in [2.75, 3.05) is 13.1 Å². The van der Waals surface area contributed by atoms with Crippen LogP contribution in [0, 0.1) is 6.92 Å². The largest absolute Gasteiger partial charge is 0.343 e. The standard InChI is InChI=1S/C15H20BrNO2/c1-4-17(5-2)14(18)10-13(16)15(19)12-8-6-11(3)7-9-12/h6-9,13H,4-5,10H2,1-3H3. The summed E-state index contributed by atoms with van der Waals surface area (Å²) in [6, 6.07) is 7.40. The maximum atomic E-state index is 12.2. The first-order valence-electron chi connectivity index (χ1n) is 6.52. The number of aryl methyl sites for hydroxylation is 1. The van der Waals surface area contributed by atoms with Crippen LogP contribution in [-0.2, 0) is 4.79 Å². The van der Waals surface area contributed by atoms with E-state index in [4.69, 9.17) is 0 Å². The first-order chi connectivity index (χ1) is 8.99. The molecule has 0 saturated heterocycles. The van der Waals surface area contributed by atoms with Crippen molar-refractivity contribution in [2.24, 2.45) is 0 Å². The molecule has 19 heavy (non-hydrogen) atoms. The number of amides is 1. The molecule has 0 aliphatic rings. The zero-order chi connectivity index (χ0) is 14.4. The van der Waals surface area contributed by atoms with Crippen molar-refractivity contribution < 1.29 is 9.59 Å².